The number of carbonyl (C=O) groups is 2. The van der Waals surface area contributed by atoms with Gasteiger partial charge in [-0.1, -0.05) is 72.8 Å². The van der Waals surface area contributed by atoms with E-state index >= 15 is 0 Å². The molecule has 4 rings (SSSR count). The molecule has 1 atom stereocenters. The number of aromatic nitrogens is 1. The fraction of sp³-hybridized carbons (Fsp3) is 0.0417. The van der Waals surface area contributed by atoms with Gasteiger partial charge >= 0.3 is 0 Å². The van der Waals surface area contributed by atoms with Crippen molar-refractivity contribution in [1.29, 1.82) is 0 Å². The van der Waals surface area contributed by atoms with Crippen molar-refractivity contribution in [2.24, 2.45) is 0 Å². The number of rotatable bonds is 5. The van der Waals surface area contributed by atoms with Crippen LogP contribution < -0.4 is 4.90 Å². The van der Waals surface area contributed by atoms with Crippen LogP contribution in [0.5, 0.6) is 0 Å². The fourth-order valence-electron chi connectivity index (χ4n) is 3.37. The second-order valence-electron chi connectivity index (χ2n) is 6.55. The summed E-state index contributed by atoms with van der Waals surface area (Å²) in [7, 11) is 0. The second-order valence-corrected chi connectivity index (χ2v) is 6.55. The first-order chi connectivity index (χ1) is 14.2. The lowest BCUT2D eigenvalue weighted by atomic mass is 9.95. The molecule has 1 N–H and O–H groups in total. The highest BCUT2D eigenvalue weighted by Crippen LogP contribution is 2.40. The van der Waals surface area contributed by atoms with Crippen molar-refractivity contribution in [2.75, 3.05) is 4.90 Å². The molecule has 1 amide bonds. The van der Waals surface area contributed by atoms with Crippen LogP contribution in [-0.2, 0) is 9.59 Å². The number of allylic oxidation sites excluding steroid dienone is 1. The normalized spacial score (nSPS) is 16.6. The van der Waals surface area contributed by atoms with Gasteiger partial charge in [-0.3, -0.25) is 14.5 Å². The highest BCUT2D eigenvalue weighted by Gasteiger charge is 2.44. The van der Waals surface area contributed by atoms with Gasteiger partial charge < -0.3 is 5.11 Å². The summed E-state index contributed by atoms with van der Waals surface area (Å²) in [6.45, 7) is 0. The number of hydrogen-bond acceptors (Lipinski definition) is 4. The molecule has 1 aliphatic heterocycles. The molecule has 0 bridgehead atoms. The van der Waals surface area contributed by atoms with Crippen LogP contribution in [0, 0.1) is 0 Å². The highest BCUT2D eigenvalue weighted by atomic mass is 16.3. The van der Waals surface area contributed by atoms with E-state index in [4.69, 9.17) is 0 Å². The predicted octanol–water partition coefficient (Wildman–Crippen LogP) is 4.26. The molecule has 0 spiro atoms. The molecule has 142 valence electrons. The van der Waals surface area contributed by atoms with Crippen LogP contribution in [-0.4, -0.2) is 21.8 Å². The molecule has 0 saturated carbocycles. The molecule has 0 fully saturated rings. The van der Waals surface area contributed by atoms with Crippen LogP contribution >= 0.6 is 0 Å². The number of ketones is 1. The molecule has 0 aliphatic carbocycles. The summed E-state index contributed by atoms with van der Waals surface area (Å²) >= 11 is 0. The van der Waals surface area contributed by atoms with E-state index in [-0.39, 0.29) is 5.57 Å². The number of hydrogen-bond donors (Lipinski definition) is 1. The Labute approximate surface area is 168 Å². The van der Waals surface area contributed by atoms with Crippen LogP contribution in [0.2, 0.25) is 0 Å². The van der Waals surface area contributed by atoms with E-state index in [0.29, 0.717) is 11.4 Å². The lowest BCUT2D eigenvalue weighted by Gasteiger charge is -2.25. The minimum atomic E-state index is -0.758. The maximum atomic E-state index is 13.0. The van der Waals surface area contributed by atoms with Crippen molar-refractivity contribution in [3.8, 4) is 0 Å². The van der Waals surface area contributed by atoms with E-state index in [1.165, 1.54) is 11.0 Å². The number of nitrogens with zero attached hydrogens (tertiary/aromatic N) is 2. The van der Waals surface area contributed by atoms with Gasteiger partial charge in [-0.25, -0.2) is 4.98 Å². The predicted molar refractivity (Wildman–Crippen MR) is 111 cm³/mol. The van der Waals surface area contributed by atoms with E-state index < -0.39 is 23.5 Å². The van der Waals surface area contributed by atoms with Crippen molar-refractivity contribution in [1.82, 2.24) is 4.98 Å². The zero-order valence-corrected chi connectivity index (χ0v) is 15.5. The Morgan fingerprint density at radius 1 is 0.931 bits per heavy atom. The third-order valence-electron chi connectivity index (χ3n) is 4.71. The first-order valence-electron chi connectivity index (χ1n) is 9.17. The number of benzene rings is 2. The molecular weight excluding hydrogens is 364 g/mol. The van der Waals surface area contributed by atoms with Gasteiger partial charge in [0.05, 0.1) is 11.6 Å². The third kappa shape index (κ3) is 3.58. The maximum absolute atomic E-state index is 13.0. The number of carbonyl (C=O) groups excluding carboxylic acids is 2. The quantitative estimate of drug-likeness (QED) is 0.669. The number of amides is 1. The van der Waals surface area contributed by atoms with E-state index in [9.17, 15) is 14.7 Å². The Morgan fingerprint density at radius 3 is 2.24 bits per heavy atom. The van der Waals surface area contributed by atoms with Gasteiger partial charge in [-0.05, 0) is 29.3 Å². The smallest absolute Gasteiger partial charge is 0.295 e. The van der Waals surface area contributed by atoms with Gasteiger partial charge in [0.2, 0.25) is 0 Å². The van der Waals surface area contributed by atoms with Gasteiger partial charge in [0, 0.05) is 6.20 Å². The van der Waals surface area contributed by atoms with Crippen molar-refractivity contribution >= 4 is 23.6 Å². The fourth-order valence-corrected chi connectivity index (χ4v) is 3.37. The molecule has 0 radical (unpaired) electrons. The largest absolute Gasteiger partial charge is 0.503 e. The minimum Gasteiger partial charge on any atom is -0.503 e. The standard InChI is InChI=1S/C24H18N2O3/c27-19(15-14-17-9-3-1-4-10-17)21-22(18-11-5-2-6-12-18)26(24(29)23(21)28)20-13-7-8-16-25-20/h1-16,22,28H/b15-14+/t22-/m0/s1. The van der Waals surface area contributed by atoms with Gasteiger partial charge in [0.25, 0.3) is 5.91 Å². The van der Waals surface area contributed by atoms with Crippen LogP contribution in [0.4, 0.5) is 5.82 Å². The number of aliphatic hydroxyl groups is 1. The van der Waals surface area contributed by atoms with Crippen molar-refractivity contribution in [2.45, 2.75) is 6.04 Å². The van der Waals surface area contributed by atoms with Gasteiger partial charge in [0.15, 0.2) is 11.5 Å². The molecule has 5 heteroatoms. The highest BCUT2D eigenvalue weighted by molar-refractivity contribution is 6.19. The van der Waals surface area contributed by atoms with Crippen LogP contribution in [0.1, 0.15) is 17.2 Å². The molecule has 1 aliphatic rings. The zero-order chi connectivity index (χ0) is 20.2. The summed E-state index contributed by atoms with van der Waals surface area (Å²) in [6, 6.07) is 22.9. The molecule has 3 aromatic rings. The lowest BCUT2D eigenvalue weighted by Crippen LogP contribution is -2.31. The van der Waals surface area contributed by atoms with Gasteiger partial charge in [-0.15, -0.1) is 0 Å². The zero-order valence-electron chi connectivity index (χ0n) is 15.5. The molecule has 0 unspecified atom stereocenters. The Kier molecular flexibility index (Phi) is 5.03. The summed E-state index contributed by atoms with van der Waals surface area (Å²) < 4.78 is 0. The molecule has 2 aromatic carbocycles. The van der Waals surface area contributed by atoms with Crippen molar-refractivity contribution in [3.05, 3.63) is 114 Å². The SMILES string of the molecule is O=C(/C=C/c1ccccc1)C1=C(O)C(=O)N(c2ccccn2)[C@H]1c1ccccc1. The Bertz CT molecular complexity index is 1090. The lowest BCUT2D eigenvalue weighted by molar-refractivity contribution is -0.117. The monoisotopic (exact) mass is 382 g/mol. The molecular formula is C24H18N2O3. The minimum absolute atomic E-state index is 0.0408. The van der Waals surface area contributed by atoms with E-state index in [0.717, 1.165) is 5.56 Å². The first kappa shape index (κ1) is 18.4. The summed E-state index contributed by atoms with van der Waals surface area (Å²) in [6.07, 6.45) is 4.61. The molecule has 2 heterocycles. The van der Waals surface area contributed by atoms with Crippen LogP contribution in [0.15, 0.2) is 102 Å². The van der Waals surface area contributed by atoms with E-state index in [2.05, 4.69) is 4.98 Å². The van der Waals surface area contributed by atoms with Crippen LogP contribution in [0.3, 0.4) is 0 Å². The van der Waals surface area contributed by atoms with Crippen LogP contribution in [0.25, 0.3) is 6.08 Å². The Balaban J connectivity index is 1.77. The Hall–Kier alpha value is -3.99. The summed E-state index contributed by atoms with van der Waals surface area (Å²) in [4.78, 5) is 31.5. The molecule has 0 saturated heterocycles. The summed E-state index contributed by atoms with van der Waals surface area (Å²) in [5, 5.41) is 10.6. The maximum Gasteiger partial charge on any atom is 0.295 e. The number of anilines is 1. The molecule has 1 aromatic heterocycles. The molecule has 5 nitrogen and oxygen atoms in total. The third-order valence-corrected chi connectivity index (χ3v) is 4.71. The average Bonchev–Trinajstić information content (AvgIpc) is 3.05. The summed E-state index contributed by atoms with van der Waals surface area (Å²) in [5.41, 5.74) is 1.61. The second kappa shape index (κ2) is 7.94. The van der Waals surface area contributed by atoms with Gasteiger partial charge in [-0.2, -0.15) is 0 Å². The van der Waals surface area contributed by atoms with E-state index in [1.54, 1.807) is 30.5 Å². The van der Waals surface area contributed by atoms with E-state index in [1.807, 2.05) is 60.7 Å². The summed E-state index contributed by atoms with van der Waals surface area (Å²) in [5.74, 6) is -1.25. The average molecular weight is 382 g/mol. The van der Waals surface area contributed by atoms with Crippen molar-refractivity contribution < 1.29 is 14.7 Å². The number of pyridine rings is 1. The first-order valence-corrected chi connectivity index (χ1v) is 9.17. The number of aliphatic hydroxyl groups excluding tert-OH is 1. The van der Waals surface area contributed by atoms with Gasteiger partial charge in [0.1, 0.15) is 5.82 Å². The topological polar surface area (TPSA) is 70.5 Å². The Morgan fingerprint density at radius 2 is 1.59 bits per heavy atom. The van der Waals surface area contributed by atoms with Crippen molar-refractivity contribution in [3.63, 3.8) is 0 Å². The molecule has 29 heavy (non-hydrogen) atoms.